The molecule has 25 heavy (non-hydrogen) atoms. The lowest BCUT2D eigenvalue weighted by Crippen LogP contribution is -2.17. The fourth-order valence-electron chi connectivity index (χ4n) is 3.06. The number of anilines is 1. The summed E-state index contributed by atoms with van der Waals surface area (Å²) >= 11 is 3.46. The molecule has 4 rings (SSSR count). The predicted molar refractivity (Wildman–Crippen MR) is 97.3 cm³/mol. The molecule has 132 valence electrons. The van der Waals surface area contributed by atoms with Crippen LogP contribution in [-0.4, -0.2) is 19.1 Å². The molecule has 2 aliphatic rings. The molecular formula is C19H20BrNO4. The molecule has 2 aromatic rings. The number of fused-ring (bicyclic) bond motifs is 1. The topological polar surface area (TPSA) is 60.7 Å². The second kappa shape index (κ2) is 6.75. The number of amides is 1. The minimum Gasteiger partial charge on any atom is -0.486 e. The number of hydrogen-bond donors (Lipinski definition) is 1. The molecule has 0 saturated heterocycles. The van der Waals surface area contributed by atoms with Gasteiger partial charge in [0.25, 0.3) is 0 Å². The van der Waals surface area contributed by atoms with Gasteiger partial charge in [-0.2, -0.15) is 0 Å². The molecule has 0 bridgehead atoms. The molecule has 1 aromatic heterocycles. The van der Waals surface area contributed by atoms with Crippen molar-refractivity contribution >= 4 is 27.5 Å². The number of benzene rings is 1. The number of ether oxygens (including phenoxy) is 2. The summed E-state index contributed by atoms with van der Waals surface area (Å²) in [4.78, 5) is 12.3. The molecule has 2 heterocycles. The second-order valence-electron chi connectivity index (χ2n) is 6.65. The second-order valence-corrected chi connectivity index (χ2v) is 7.50. The van der Waals surface area contributed by atoms with Gasteiger partial charge in [0.2, 0.25) is 5.91 Å². The standard InChI is InChI=1S/C19H20BrNO4/c1-11-8-13(11)16-4-2-12(25-16)3-5-19(22)21-15-10-18-17(9-14(15)20)23-6-7-24-18/h2,4,9-11,13H,3,5-8H2,1H3,(H,21,22)/t11-,13-/m1/s1. The molecule has 1 N–H and O–H groups in total. The lowest BCUT2D eigenvalue weighted by atomic mass is 10.2. The third kappa shape index (κ3) is 3.68. The number of carbonyl (C=O) groups excluding carboxylic acids is 1. The van der Waals surface area contributed by atoms with E-state index in [1.165, 1.54) is 6.42 Å². The van der Waals surface area contributed by atoms with E-state index in [-0.39, 0.29) is 5.91 Å². The van der Waals surface area contributed by atoms with E-state index in [0.717, 1.165) is 21.9 Å². The Morgan fingerprint density at radius 3 is 2.68 bits per heavy atom. The fourth-order valence-corrected chi connectivity index (χ4v) is 3.48. The number of nitrogens with one attached hydrogen (secondary N) is 1. The van der Waals surface area contributed by atoms with Gasteiger partial charge in [0, 0.05) is 35.4 Å². The molecule has 5 nitrogen and oxygen atoms in total. The Bertz CT molecular complexity index is 801. The summed E-state index contributed by atoms with van der Waals surface area (Å²) in [6.07, 6.45) is 2.16. The monoisotopic (exact) mass is 405 g/mol. The van der Waals surface area contributed by atoms with Crippen molar-refractivity contribution in [3.63, 3.8) is 0 Å². The average molecular weight is 406 g/mol. The Morgan fingerprint density at radius 2 is 1.96 bits per heavy atom. The maximum Gasteiger partial charge on any atom is 0.224 e. The van der Waals surface area contributed by atoms with Crippen LogP contribution in [0.4, 0.5) is 5.69 Å². The van der Waals surface area contributed by atoms with Crippen LogP contribution < -0.4 is 14.8 Å². The van der Waals surface area contributed by atoms with E-state index >= 15 is 0 Å². The molecule has 0 radical (unpaired) electrons. The van der Waals surface area contributed by atoms with E-state index in [1.54, 1.807) is 6.07 Å². The van der Waals surface area contributed by atoms with Crippen LogP contribution in [0.3, 0.4) is 0 Å². The van der Waals surface area contributed by atoms with Crippen molar-refractivity contribution in [2.45, 2.75) is 32.1 Å². The maximum absolute atomic E-state index is 12.3. The number of hydrogen-bond acceptors (Lipinski definition) is 4. The minimum atomic E-state index is -0.0601. The van der Waals surface area contributed by atoms with Crippen molar-refractivity contribution < 1.29 is 18.7 Å². The Kier molecular flexibility index (Phi) is 4.46. The molecule has 1 fully saturated rings. The zero-order valence-electron chi connectivity index (χ0n) is 14.0. The molecule has 1 amide bonds. The van der Waals surface area contributed by atoms with Crippen molar-refractivity contribution in [1.29, 1.82) is 0 Å². The van der Waals surface area contributed by atoms with Crippen LogP contribution >= 0.6 is 15.9 Å². The van der Waals surface area contributed by atoms with Gasteiger partial charge < -0.3 is 19.2 Å². The molecule has 1 saturated carbocycles. The van der Waals surface area contributed by atoms with Crippen molar-refractivity contribution in [2.75, 3.05) is 18.5 Å². The molecule has 0 unspecified atom stereocenters. The quantitative estimate of drug-likeness (QED) is 0.794. The first-order valence-corrected chi connectivity index (χ1v) is 9.37. The van der Waals surface area contributed by atoms with Crippen LogP contribution in [0, 0.1) is 5.92 Å². The van der Waals surface area contributed by atoms with Gasteiger partial charge in [-0.1, -0.05) is 6.92 Å². The van der Waals surface area contributed by atoms with E-state index in [0.29, 0.717) is 49.2 Å². The summed E-state index contributed by atoms with van der Waals surface area (Å²) in [7, 11) is 0. The summed E-state index contributed by atoms with van der Waals surface area (Å²) in [6.45, 7) is 3.28. The van der Waals surface area contributed by atoms with Crippen molar-refractivity contribution in [3.05, 3.63) is 40.3 Å². The van der Waals surface area contributed by atoms with E-state index in [9.17, 15) is 4.79 Å². The van der Waals surface area contributed by atoms with Crippen LogP contribution in [0.1, 0.15) is 37.2 Å². The SMILES string of the molecule is C[C@@H]1C[C@H]1c1ccc(CCC(=O)Nc2cc3c(cc2Br)OCCO3)o1. The van der Waals surface area contributed by atoms with Gasteiger partial charge in [-0.25, -0.2) is 0 Å². The fraction of sp³-hybridized carbons (Fsp3) is 0.421. The molecule has 1 aliphatic carbocycles. The Hall–Kier alpha value is -1.95. The number of carbonyl (C=O) groups is 1. The van der Waals surface area contributed by atoms with Crippen molar-refractivity contribution in [3.8, 4) is 11.5 Å². The molecule has 2 atom stereocenters. The van der Waals surface area contributed by atoms with Crippen molar-refractivity contribution in [2.24, 2.45) is 5.92 Å². The zero-order valence-corrected chi connectivity index (χ0v) is 15.6. The van der Waals surface area contributed by atoms with Gasteiger partial charge >= 0.3 is 0 Å². The first-order chi connectivity index (χ1) is 12.1. The van der Waals surface area contributed by atoms with Gasteiger partial charge in [-0.05, 0) is 40.4 Å². The number of halogens is 1. The first-order valence-electron chi connectivity index (χ1n) is 8.58. The summed E-state index contributed by atoms with van der Waals surface area (Å²) in [5, 5.41) is 2.92. The maximum atomic E-state index is 12.3. The van der Waals surface area contributed by atoms with Gasteiger partial charge in [0.05, 0.1) is 5.69 Å². The minimum absolute atomic E-state index is 0.0601. The smallest absolute Gasteiger partial charge is 0.224 e. The van der Waals surface area contributed by atoms with E-state index in [1.807, 2.05) is 18.2 Å². The van der Waals surface area contributed by atoms with Crippen LogP contribution in [0.5, 0.6) is 11.5 Å². The highest BCUT2D eigenvalue weighted by Gasteiger charge is 2.36. The van der Waals surface area contributed by atoms with Gasteiger partial charge in [-0.3, -0.25) is 4.79 Å². The normalized spacial score (nSPS) is 21.0. The van der Waals surface area contributed by atoms with E-state index < -0.39 is 0 Å². The lowest BCUT2D eigenvalue weighted by molar-refractivity contribution is -0.116. The number of rotatable bonds is 5. The largest absolute Gasteiger partial charge is 0.486 e. The van der Waals surface area contributed by atoms with Crippen LogP contribution in [0.2, 0.25) is 0 Å². The number of furan rings is 1. The predicted octanol–water partition coefficient (Wildman–Crippen LogP) is 4.51. The molecule has 0 spiro atoms. The highest BCUT2D eigenvalue weighted by atomic mass is 79.9. The lowest BCUT2D eigenvalue weighted by Gasteiger charge is -2.20. The first kappa shape index (κ1) is 16.5. The highest BCUT2D eigenvalue weighted by molar-refractivity contribution is 9.10. The molecule has 1 aromatic carbocycles. The van der Waals surface area contributed by atoms with E-state index in [4.69, 9.17) is 13.9 Å². The van der Waals surface area contributed by atoms with Gasteiger partial charge in [0.15, 0.2) is 11.5 Å². The van der Waals surface area contributed by atoms with Crippen LogP contribution in [0.15, 0.2) is 33.2 Å². The Labute approximate surface area is 154 Å². The summed E-state index contributed by atoms with van der Waals surface area (Å²) in [5.41, 5.74) is 0.682. The highest BCUT2D eigenvalue weighted by Crippen LogP contribution is 2.47. The summed E-state index contributed by atoms with van der Waals surface area (Å²) in [6, 6.07) is 7.63. The summed E-state index contributed by atoms with van der Waals surface area (Å²) in [5.74, 6) is 4.48. The van der Waals surface area contributed by atoms with Gasteiger partial charge in [0.1, 0.15) is 24.7 Å². The average Bonchev–Trinajstić information content (AvgIpc) is 3.15. The third-order valence-electron chi connectivity index (χ3n) is 4.66. The third-order valence-corrected chi connectivity index (χ3v) is 5.32. The van der Waals surface area contributed by atoms with Crippen LogP contribution in [0.25, 0.3) is 0 Å². The Morgan fingerprint density at radius 1 is 1.24 bits per heavy atom. The van der Waals surface area contributed by atoms with Gasteiger partial charge in [-0.15, -0.1) is 0 Å². The Balaban J connectivity index is 1.35. The van der Waals surface area contributed by atoms with Crippen molar-refractivity contribution in [1.82, 2.24) is 0 Å². The molecule has 6 heteroatoms. The van der Waals surface area contributed by atoms with Crippen LogP contribution in [-0.2, 0) is 11.2 Å². The zero-order chi connectivity index (χ0) is 17.4. The molecular weight excluding hydrogens is 386 g/mol. The van der Waals surface area contributed by atoms with E-state index in [2.05, 4.69) is 28.2 Å². The summed E-state index contributed by atoms with van der Waals surface area (Å²) < 4.78 is 17.7. The number of aryl methyl sites for hydroxylation is 1. The molecule has 1 aliphatic heterocycles.